The van der Waals surface area contributed by atoms with Gasteiger partial charge in [0.1, 0.15) is 5.01 Å². The highest BCUT2D eigenvalue weighted by atomic mass is 35.5. The van der Waals surface area contributed by atoms with Crippen molar-refractivity contribution in [3.8, 4) is 0 Å². The number of anilines is 1. The van der Waals surface area contributed by atoms with Crippen LogP contribution in [0.4, 0.5) is 5.13 Å². The van der Waals surface area contributed by atoms with Gasteiger partial charge >= 0.3 is 0 Å². The summed E-state index contributed by atoms with van der Waals surface area (Å²) >= 11 is 1.51. The Bertz CT molecular complexity index is 758. The quantitative estimate of drug-likeness (QED) is 0.825. The van der Waals surface area contributed by atoms with Gasteiger partial charge in [-0.2, -0.15) is 0 Å². The summed E-state index contributed by atoms with van der Waals surface area (Å²) in [5, 5.41) is 16.3. The van der Waals surface area contributed by atoms with Gasteiger partial charge in [0.05, 0.1) is 0 Å². The number of halogens is 1. The lowest BCUT2D eigenvalue weighted by Gasteiger charge is -2.19. The first kappa shape index (κ1) is 19.3. The number of hydrogen-bond acceptors (Lipinski definition) is 5. The van der Waals surface area contributed by atoms with Crippen molar-refractivity contribution >= 4 is 34.8 Å². The summed E-state index contributed by atoms with van der Waals surface area (Å²) < 4.78 is 0. The molecule has 5 nitrogen and oxygen atoms in total. The second-order valence-electron chi connectivity index (χ2n) is 7.07. The van der Waals surface area contributed by atoms with E-state index < -0.39 is 0 Å². The molecule has 0 unspecified atom stereocenters. The van der Waals surface area contributed by atoms with Gasteiger partial charge in [-0.25, -0.2) is 0 Å². The lowest BCUT2D eigenvalue weighted by Crippen LogP contribution is -2.24. The second kappa shape index (κ2) is 8.93. The van der Waals surface area contributed by atoms with Crippen molar-refractivity contribution in [2.45, 2.75) is 51.5 Å². The predicted octanol–water partition coefficient (Wildman–Crippen LogP) is 3.98. The normalized spacial score (nSPS) is 17.2. The lowest BCUT2D eigenvalue weighted by molar-refractivity contribution is 0.102. The first-order valence-electron chi connectivity index (χ1n) is 9.24. The van der Waals surface area contributed by atoms with E-state index >= 15 is 0 Å². The van der Waals surface area contributed by atoms with Gasteiger partial charge in [-0.15, -0.1) is 22.6 Å². The number of nitrogens with zero attached hydrogens (tertiary/aromatic N) is 2. The molecule has 1 saturated carbocycles. The molecule has 2 aliphatic rings. The molecule has 2 heterocycles. The zero-order valence-electron chi connectivity index (χ0n) is 14.8. The molecule has 2 aromatic rings. The number of fused-ring (bicyclic) bond motifs is 1. The number of aromatic nitrogens is 2. The highest BCUT2D eigenvalue weighted by Crippen LogP contribution is 2.28. The molecule has 0 atom stereocenters. The third-order valence-corrected chi connectivity index (χ3v) is 6.09. The zero-order chi connectivity index (χ0) is 17.1. The minimum Gasteiger partial charge on any atom is -0.312 e. The number of hydrogen-bond donors (Lipinski definition) is 2. The van der Waals surface area contributed by atoms with Crippen molar-refractivity contribution in [1.82, 2.24) is 15.5 Å². The molecule has 1 fully saturated rings. The van der Waals surface area contributed by atoms with Gasteiger partial charge in [-0.1, -0.05) is 49.5 Å². The number of carbonyl (C=O) groups excluding carboxylic acids is 1. The van der Waals surface area contributed by atoms with E-state index in [4.69, 9.17) is 0 Å². The minimum absolute atomic E-state index is 0. The van der Waals surface area contributed by atoms with Crippen LogP contribution in [0.15, 0.2) is 18.2 Å². The number of amides is 1. The number of benzene rings is 1. The maximum absolute atomic E-state index is 12.5. The average Bonchev–Trinajstić information content (AvgIpc) is 3.09. The Morgan fingerprint density at radius 2 is 2.04 bits per heavy atom. The van der Waals surface area contributed by atoms with Crippen LogP contribution < -0.4 is 10.6 Å². The first-order valence-corrected chi connectivity index (χ1v) is 10.1. The van der Waals surface area contributed by atoms with Crippen molar-refractivity contribution < 1.29 is 4.79 Å². The number of rotatable bonds is 4. The van der Waals surface area contributed by atoms with Crippen LogP contribution in [0, 0.1) is 5.92 Å². The molecule has 4 rings (SSSR count). The van der Waals surface area contributed by atoms with E-state index in [1.807, 2.05) is 18.2 Å². The molecule has 1 aromatic heterocycles. The first-order chi connectivity index (χ1) is 12.3. The highest BCUT2D eigenvalue weighted by Gasteiger charge is 2.18. The molecule has 1 aliphatic carbocycles. The van der Waals surface area contributed by atoms with E-state index in [1.165, 1.54) is 54.6 Å². The molecule has 7 heteroatoms. The van der Waals surface area contributed by atoms with Crippen molar-refractivity contribution in [1.29, 1.82) is 0 Å². The molecule has 26 heavy (non-hydrogen) atoms. The molecule has 1 amide bonds. The summed E-state index contributed by atoms with van der Waals surface area (Å²) in [6, 6.07) is 5.95. The minimum atomic E-state index is -0.0956. The van der Waals surface area contributed by atoms with Gasteiger partial charge in [-0.3, -0.25) is 10.1 Å². The van der Waals surface area contributed by atoms with Gasteiger partial charge in [-0.05, 0) is 42.1 Å². The third-order valence-electron chi connectivity index (χ3n) is 5.23. The molecule has 0 saturated heterocycles. The van der Waals surface area contributed by atoms with Gasteiger partial charge in [0.25, 0.3) is 5.91 Å². The van der Waals surface area contributed by atoms with E-state index in [0.29, 0.717) is 10.7 Å². The largest absolute Gasteiger partial charge is 0.312 e. The summed E-state index contributed by atoms with van der Waals surface area (Å²) in [5.74, 6) is 0.640. The van der Waals surface area contributed by atoms with Crippen LogP contribution >= 0.6 is 23.7 Å². The van der Waals surface area contributed by atoms with E-state index in [-0.39, 0.29) is 18.3 Å². The summed E-state index contributed by atoms with van der Waals surface area (Å²) in [7, 11) is 0. The molecular formula is C19H25ClN4OS. The smallest absolute Gasteiger partial charge is 0.257 e. The topological polar surface area (TPSA) is 66.9 Å². The fraction of sp³-hybridized carbons (Fsp3) is 0.526. The van der Waals surface area contributed by atoms with Crippen LogP contribution in [-0.2, 0) is 19.4 Å². The Balaban J connectivity index is 0.00000196. The fourth-order valence-electron chi connectivity index (χ4n) is 3.81. The monoisotopic (exact) mass is 392 g/mol. The van der Waals surface area contributed by atoms with E-state index in [9.17, 15) is 4.79 Å². The van der Waals surface area contributed by atoms with Crippen LogP contribution in [0.25, 0.3) is 0 Å². The summed E-state index contributed by atoms with van der Waals surface area (Å²) in [6.45, 7) is 1.86. The Morgan fingerprint density at radius 1 is 1.19 bits per heavy atom. The molecule has 0 bridgehead atoms. The van der Waals surface area contributed by atoms with Crippen molar-refractivity contribution in [3.63, 3.8) is 0 Å². The van der Waals surface area contributed by atoms with E-state index in [2.05, 4.69) is 20.8 Å². The highest BCUT2D eigenvalue weighted by molar-refractivity contribution is 7.15. The third kappa shape index (κ3) is 4.61. The van der Waals surface area contributed by atoms with Gasteiger partial charge in [0.2, 0.25) is 5.13 Å². The Kier molecular flexibility index (Phi) is 6.62. The molecule has 1 aromatic carbocycles. The standard InChI is InChI=1S/C19H24N4OS.ClH/c24-18(15-6-7-16-12-20-9-8-14(16)11-15)21-19-23-22-17(25-19)10-13-4-2-1-3-5-13;/h6-7,11,13,20H,1-5,8-10,12H2,(H,21,23,24);1H. The van der Waals surface area contributed by atoms with Gasteiger partial charge in [0.15, 0.2) is 0 Å². The second-order valence-corrected chi connectivity index (χ2v) is 8.14. The van der Waals surface area contributed by atoms with Crippen LogP contribution in [0.1, 0.15) is 58.6 Å². The zero-order valence-corrected chi connectivity index (χ0v) is 16.4. The van der Waals surface area contributed by atoms with Crippen LogP contribution in [0.5, 0.6) is 0 Å². The Hall–Kier alpha value is -1.50. The van der Waals surface area contributed by atoms with Crippen LogP contribution in [-0.4, -0.2) is 22.6 Å². The Labute approximate surface area is 164 Å². The maximum Gasteiger partial charge on any atom is 0.257 e. The average molecular weight is 393 g/mol. The number of nitrogens with one attached hydrogen (secondary N) is 2. The number of carbonyl (C=O) groups is 1. The summed E-state index contributed by atoms with van der Waals surface area (Å²) in [4.78, 5) is 12.5. The van der Waals surface area contributed by atoms with E-state index in [0.717, 1.165) is 36.9 Å². The van der Waals surface area contributed by atoms with Crippen molar-refractivity contribution in [2.75, 3.05) is 11.9 Å². The van der Waals surface area contributed by atoms with E-state index in [1.54, 1.807) is 0 Å². The fourth-order valence-corrected chi connectivity index (χ4v) is 4.66. The van der Waals surface area contributed by atoms with Crippen LogP contribution in [0.3, 0.4) is 0 Å². The molecule has 140 valence electrons. The molecular weight excluding hydrogens is 368 g/mol. The molecule has 0 spiro atoms. The maximum atomic E-state index is 12.5. The van der Waals surface area contributed by atoms with Crippen LogP contribution in [0.2, 0.25) is 0 Å². The molecule has 1 aliphatic heterocycles. The predicted molar refractivity (Wildman–Crippen MR) is 107 cm³/mol. The SMILES string of the molecule is Cl.O=C(Nc1nnc(CC2CCCCC2)s1)c1ccc2c(c1)CCNC2. The molecule has 2 N–H and O–H groups in total. The van der Waals surface area contributed by atoms with Crippen molar-refractivity contribution in [2.24, 2.45) is 5.92 Å². The summed E-state index contributed by atoms with van der Waals surface area (Å²) in [6.07, 6.45) is 8.60. The summed E-state index contributed by atoms with van der Waals surface area (Å²) in [5.41, 5.74) is 3.25. The van der Waals surface area contributed by atoms with Crippen molar-refractivity contribution in [3.05, 3.63) is 39.9 Å². The van der Waals surface area contributed by atoms with Gasteiger partial charge < -0.3 is 5.32 Å². The van der Waals surface area contributed by atoms with Gasteiger partial charge in [0, 0.05) is 18.5 Å². The molecule has 0 radical (unpaired) electrons. The lowest BCUT2D eigenvalue weighted by atomic mass is 9.87. The Morgan fingerprint density at radius 3 is 2.88 bits per heavy atom.